The molecule has 0 aliphatic carbocycles. The first kappa shape index (κ1) is 25.6. The highest BCUT2D eigenvalue weighted by Crippen LogP contribution is 2.30. The molecule has 1 aliphatic heterocycles. The van der Waals surface area contributed by atoms with Crippen molar-refractivity contribution < 1.29 is 27.6 Å². The van der Waals surface area contributed by atoms with E-state index < -0.39 is 11.7 Å². The van der Waals surface area contributed by atoms with Gasteiger partial charge >= 0.3 is 6.18 Å². The molecule has 0 aromatic heterocycles. The Morgan fingerprint density at radius 2 is 1.59 bits per heavy atom. The molecule has 1 fully saturated rings. The SMILES string of the molecule is CC(C)NC(=O)c1ccc(Cl)c(NC(=O)C2CCN(C(=O)c3ccc(C(F)(F)F)cc3)CC2)c1. The average Bonchev–Trinajstić information content (AvgIpc) is 2.79. The highest BCUT2D eigenvalue weighted by Gasteiger charge is 2.31. The lowest BCUT2D eigenvalue weighted by molar-refractivity contribution is -0.137. The molecule has 10 heteroatoms. The summed E-state index contributed by atoms with van der Waals surface area (Å²) in [5.41, 5.74) is 0.0414. The van der Waals surface area contributed by atoms with Gasteiger partial charge in [-0.25, -0.2) is 0 Å². The molecule has 0 spiro atoms. The van der Waals surface area contributed by atoms with Crippen molar-refractivity contribution in [2.45, 2.75) is 38.9 Å². The van der Waals surface area contributed by atoms with Gasteiger partial charge in [-0.3, -0.25) is 14.4 Å². The van der Waals surface area contributed by atoms with Crippen LogP contribution in [-0.4, -0.2) is 41.8 Å². The van der Waals surface area contributed by atoms with Gasteiger partial charge in [0.1, 0.15) is 0 Å². The van der Waals surface area contributed by atoms with Gasteiger partial charge in [-0.1, -0.05) is 11.6 Å². The smallest absolute Gasteiger partial charge is 0.350 e. The minimum absolute atomic E-state index is 0.0447. The van der Waals surface area contributed by atoms with Gasteiger partial charge in [-0.05, 0) is 69.2 Å². The Bertz CT molecular complexity index is 1060. The van der Waals surface area contributed by atoms with E-state index in [1.165, 1.54) is 17.0 Å². The number of carbonyl (C=O) groups is 3. The number of alkyl halides is 3. The van der Waals surface area contributed by atoms with Crippen molar-refractivity contribution in [3.8, 4) is 0 Å². The maximum Gasteiger partial charge on any atom is 0.416 e. The van der Waals surface area contributed by atoms with E-state index in [4.69, 9.17) is 11.6 Å². The van der Waals surface area contributed by atoms with E-state index in [-0.39, 0.29) is 35.2 Å². The lowest BCUT2D eigenvalue weighted by Gasteiger charge is -2.31. The van der Waals surface area contributed by atoms with Crippen LogP contribution in [0.3, 0.4) is 0 Å². The molecule has 2 N–H and O–H groups in total. The second-order valence-corrected chi connectivity index (χ2v) is 8.86. The van der Waals surface area contributed by atoms with Crippen LogP contribution in [0.15, 0.2) is 42.5 Å². The third kappa shape index (κ3) is 6.28. The van der Waals surface area contributed by atoms with Crippen LogP contribution < -0.4 is 10.6 Å². The van der Waals surface area contributed by atoms with E-state index >= 15 is 0 Å². The first-order valence-electron chi connectivity index (χ1n) is 10.8. The van der Waals surface area contributed by atoms with Gasteiger partial charge in [-0.15, -0.1) is 0 Å². The predicted octanol–water partition coefficient (Wildman–Crippen LogP) is 4.99. The number of likely N-dealkylation sites (tertiary alicyclic amines) is 1. The van der Waals surface area contributed by atoms with Crippen molar-refractivity contribution in [1.82, 2.24) is 10.2 Å². The van der Waals surface area contributed by atoms with Crippen molar-refractivity contribution in [1.29, 1.82) is 0 Å². The van der Waals surface area contributed by atoms with Crippen LogP contribution in [0.5, 0.6) is 0 Å². The lowest BCUT2D eigenvalue weighted by Crippen LogP contribution is -2.41. The molecule has 0 saturated carbocycles. The fourth-order valence-corrected chi connectivity index (χ4v) is 3.84. The molecule has 0 bridgehead atoms. The van der Waals surface area contributed by atoms with E-state index in [0.717, 1.165) is 24.3 Å². The predicted molar refractivity (Wildman–Crippen MR) is 123 cm³/mol. The van der Waals surface area contributed by atoms with E-state index in [2.05, 4.69) is 10.6 Å². The van der Waals surface area contributed by atoms with Crippen molar-refractivity contribution in [3.05, 3.63) is 64.2 Å². The zero-order valence-electron chi connectivity index (χ0n) is 18.7. The lowest BCUT2D eigenvalue weighted by atomic mass is 9.95. The first-order valence-corrected chi connectivity index (χ1v) is 11.2. The third-order valence-corrected chi connectivity index (χ3v) is 5.85. The molecule has 0 atom stereocenters. The maximum absolute atomic E-state index is 12.8. The van der Waals surface area contributed by atoms with Crippen LogP contribution in [0, 0.1) is 5.92 Å². The Balaban J connectivity index is 1.58. The molecular formula is C24H25ClF3N3O3. The number of nitrogens with zero attached hydrogens (tertiary/aromatic N) is 1. The summed E-state index contributed by atoms with van der Waals surface area (Å²) in [6.07, 6.45) is -3.68. The Hall–Kier alpha value is -3.07. The number of carbonyl (C=O) groups excluding carboxylic acids is 3. The quantitative estimate of drug-likeness (QED) is 0.613. The number of hydrogen-bond acceptors (Lipinski definition) is 3. The third-order valence-electron chi connectivity index (χ3n) is 5.52. The Morgan fingerprint density at radius 1 is 1.00 bits per heavy atom. The first-order chi connectivity index (χ1) is 16.0. The molecule has 0 radical (unpaired) electrons. The van der Waals surface area contributed by atoms with Crippen molar-refractivity contribution >= 4 is 35.0 Å². The number of benzene rings is 2. The summed E-state index contributed by atoms with van der Waals surface area (Å²) in [6.45, 7) is 4.27. The van der Waals surface area contributed by atoms with Crippen LogP contribution in [0.25, 0.3) is 0 Å². The number of piperidine rings is 1. The van der Waals surface area contributed by atoms with Crippen LogP contribution >= 0.6 is 11.6 Å². The highest BCUT2D eigenvalue weighted by molar-refractivity contribution is 6.34. The van der Waals surface area contributed by atoms with Gasteiger partial charge in [0.25, 0.3) is 11.8 Å². The summed E-state index contributed by atoms with van der Waals surface area (Å²) < 4.78 is 38.2. The maximum atomic E-state index is 12.8. The van der Waals surface area contributed by atoms with Gasteiger partial charge in [0.15, 0.2) is 0 Å². The van der Waals surface area contributed by atoms with Gasteiger partial charge in [0.2, 0.25) is 5.91 Å². The number of rotatable bonds is 5. The number of halogens is 4. The summed E-state index contributed by atoms with van der Waals surface area (Å²) in [5, 5.41) is 5.83. The molecule has 3 rings (SSSR count). The van der Waals surface area contributed by atoms with Crippen molar-refractivity contribution in [2.75, 3.05) is 18.4 Å². The second-order valence-electron chi connectivity index (χ2n) is 8.45. The normalized spacial score (nSPS) is 14.7. The standard InChI is InChI=1S/C24H25ClF3N3O3/c1-14(2)29-22(33)17-5-8-19(25)20(13-17)30-21(32)15-9-11-31(12-10-15)23(34)16-3-6-18(7-4-16)24(26,27)28/h3-8,13-15H,9-12H2,1-2H3,(H,29,33)(H,30,32). The molecule has 34 heavy (non-hydrogen) atoms. The Kier molecular flexibility index (Phi) is 7.86. The second kappa shape index (κ2) is 10.5. The van der Waals surface area contributed by atoms with E-state index in [0.29, 0.717) is 42.2 Å². The topological polar surface area (TPSA) is 78.5 Å². The molecule has 1 saturated heterocycles. The Labute approximate surface area is 200 Å². The van der Waals surface area contributed by atoms with Crippen LogP contribution in [-0.2, 0) is 11.0 Å². The van der Waals surface area contributed by atoms with Crippen molar-refractivity contribution in [2.24, 2.45) is 5.92 Å². The molecule has 0 unspecified atom stereocenters. The van der Waals surface area contributed by atoms with Gasteiger partial charge in [0.05, 0.1) is 16.3 Å². The van der Waals surface area contributed by atoms with Crippen molar-refractivity contribution in [3.63, 3.8) is 0 Å². The molecule has 2 aromatic carbocycles. The molecule has 1 heterocycles. The van der Waals surface area contributed by atoms with E-state index in [9.17, 15) is 27.6 Å². The van der Waals surface area contributed by atoms with E-state index in [1.54, 1.807) is 6.07 Å². The van der Waals surface area contributed by atoms with Gasteiger partial charge in [-0.2, -0.15) is 13.2 Å². The summed E-state index contributed by atoms with van der Waals surface area (Å²) in [4.78, 5) is 39.2. The van der Waals surface area contributed by atoms with Gasteiger partial charge in [0, 0.05) is 36.2 Å². The highest BCUT2D eigenvalue weighted by atomic mass is 35.5. The number of anilines is 1. The molecule has 6 nitrogen and oxygen atoms in total. The molecule has 2 aromatic rings. The molecule has 1 aliphatic rings. The summed E-state index contributed by atoms with van der Waals surface area (Å²) in [5.74, 6) is -1.30. The van der Waals surface area contributed by atoms with Crippen LogP contribution in [0.2, 0.25) is 5.02 Å². The number of hydrogen-bond donors (Lipinski definition) is 2. The average molecular weight is 496 g/mol. The zero-order chi connectivity index (χ0) is 25.0. The molecule has 3 amide bonds. The molecular weight excluding hydrogens is 471 g/mol. The fourth-order valence-electron chi connectivity index (χ4n) is 3.67. The molecule has 182 valence electrons. The van der Waals surface area contributed by atoms with Gasteiger partial charge < -0.3 is 15.5 Å². The zero-order valence-corrected chi connectivity index (χ0v) is 19.5. The van der Waals surface area contributed by atoms with Crippen LogP contribution in [0.1, 0.15) is 53.0 Å². The van der Waals surface area contributed by atoms with E-state index in [1.807, 2.05) is 13.8 Å². The monoisotopic (exact) mass is 495 g/mol. The number of amides is 3. The summed E-state index contributed by atoms with van der Waals surface area (Å²) in [7, 11) is 0. The minimum Gasteiger partial charge on any atom is -0.350 e. The summed E-state index contributed by atoms with van der Waals surface area (Å²) >= 11 is 6.19. The Morgan fingerprint density at radius 3 is 2.15 bits per heavy atom. The minimum atomic E-state index is -4.46. The number of nitrogens with one attached hydrogen (secondary N) is 2. The summed E-state index contributed by atoms with van der Waals surface area (Å²) in [6, 6.07) is 8.67. The van der Waals surface area contributed by atoms with Crippen LogP contribution in [0.4, 0.5) is 18.9 Å². The fraction of sp³-hybridized carbons (Fsp3) is 0.375. The largest absolute Gasteiger partial charge is 0.416 e.